The third-order valence-electron chi connectivity index (χ3n) is 6.32. The fraction of sp³-hybridized carbons (Fsp3) is 0.333. The topological polar surface area (TPSA) is 96.8 Å². The molecule has 2 aromatic heterocycles. The van der Waals surface area contributed by atoms with E-state index in [2.05, 4.69) is 20.9 Å². The first-order valence-corrected chi connectivity index (χ1v) is 13.3. The number of aromatic nitrogens is 4. The van der Waals surface area contributed by atoms with Crippen LogP contribution in [0.15, 0.2) is 36.5 Å². The fourth-order valence-corrected chi connectivity index (χ4v) is 5.12. The van der Waals surface area contributed by atoms with Gasteiger partial charge >= 0.3 is 0 Å². The Morgan fingerprint density at radius 1 is 1.15 bits per heavy atom. The molecule has 0 spiro atoms. The second kappa shape index (κ2) is 13.1. The van der Waals surface area contributed by atoms with Crippen molar-refractivity contribution in [3.8, 4) is 11.4 Å². The van der Waals surface area contributed by atoms with Gasteiger partial charge in [-0.2, -0.15) is 4.98 Å². The standard InChI is InChI=1S/C25H25Cl2F2N7.C2H4O/c1-30-16-8-17(26)22(18(27)9-16)24-34-21-12-33-25(32-11-14-4-5-19(28)20(29)7-14)35-23(21)36(24)13-15-3-2-6-31-10-15;1-2-3/h4-5,7-9,12,15,30-31H,2-3,6,10-11,13H2,1H3,(H,32,33,35);2H,1H3. The first-order chi connectivity index (χ1) is 18.8. The SMILES string of the molecule is CC=O.CNc1cc(Cl)c(-c2nc3cnc(NCc4ccc(F)c(F)c4)nc3n2CC2CCCNC2)c(Cl)c1. The van der Waals surface area contributed by atoms with Crippen LogP contribution in [-0.2, 0) is 17.9 Å². The first kappa shape index (κ1) is 28.7. The molecule has 1 atom stereocenters. The molecule has 1 fully saturated rings. The van der Waals surface area contributed by atoms with Crippen LogP contribution in [-0.4, -0.2) is 45.9 Å². The number of hydrogen-bond acceptors (Lipinski definition) is 7. The van der Waals surface area contributed by atoms with Gasteiger partial charge in [-0.25, -0.2) is 18.7 Å². The highest BCUT2D eigenvalue weighted by atomic mass is 35.5. The van der Waals surface area contributed by atoms with Gasteiger partial charge in [0.1, 0.15) is 17.6 Å². The molecule has 3 N–H and O–H groups in total. The molecule has 1 unspecified atom stereocenters. The molecule has 0 bridgehead atoms. The van der Waals surface area contributed by atoms with E-state index in [0.717, 1.165) is 50.0 Å². The molecule has 1 aliphatic heterocycles. The normalized spacial score (nSPS) is 15.0. The van der Waals surface area contributed by atoms with Crippen LogP contribution in [0.4, 0.5) is 20.4 Å². The van der Waals surface area contributed by atoms with Crippen molar-refractivity contribution in [2.45, 2.75) is 32.9 Å². The number of aldehydes is 1. The first-order valence-electron chi connectivity index (χ1n) is 12.5. The molecule has 1 saturated heterocycles. The zero-order chi connectivity index (χ0) is 27.9. The van der Waals surface area contributed by atoms with E-state index in [1.54, 1.807) is 13.2 Å². The van der Waals surface area contributed by atoms with Gasteiger partial charge in [-0.1, -0.05) is 29.3 Å². The lowest BCUT2D eigenvalue weighted by atomic mass is 9.99. The third-order valence-corrected chi connectivity index (χ3v) is 6.91. The van der Waals surface area contributed by atoms with Crippen LogP contribution in [0, 0.1) is 17.6 Å². The lowest BCUT2D eigenvalue weighted by Gasteiger charge is -2.24. The summed E-state index contributed by atoms with van der Waals surface area (Å²) in [7, 11) is 1.80. The molecule has 12 heteroatoms. The maximum atomic E-state index is 13.6. The molecule has 3 heterocycles. The average molecular weight is 576 g/mol. The molecule has 0 saturated carbocycles. The van der Waals surface area contributed by atoms with Crippen LogP contribution in [0.25, 0.3) is 22.6 Å². The van der Waals surface area contributed by atoms with E-state index in [9.17, 15) is 8.78 Å². The quantitative estimate of drug-likeness (QED) is 0.235. The number of benzene rings is 2. The van der Waals surface area contributed by atoms with Crippen molar-refractivity contribution in [2.75, 3.05) is 30.8 Å². The fourth-order valence-electron chi connectivity index (χ4n) is 4.47. The second-order valence-corrected chi connectivity index (χ2v) is 9.88. The molecule has 8 nitrogen and oxygen atoms in total. The molecule has 4 aromatic rings. The molecule has 206 valence electrons. The highest BCUT2D eigenvalue weighted by Crippen LogP contribution is 2.38. The van der Waals surface area contributed by atoms with E-state index in [-0.39, 0.29) is 6.54 Å². The van der Waals surface area contributed by atoms with Crippen molar-refractivity contribution < 1.29 is 13.6 Å². The lowest BCUT2D eigenvalue weighted by Crippen LogP contribution is -2.32. The minimum atomic E-state index is -0.896. The Kier molecular flexibility index (Phi) is 9.66. The van der Waals surface area contributed by atoms with Gasteiger partial charge < -0.3 is 25.3 Å². The Morgan fingerprint density at radius 3 is 2.54 bits per heavy atom. The molecule has 2 aromatic carbocycles. The summed E-state index contributed by atoms with van der Waals surface area (Å²) in [6, 6.07) is 7.40. The Balaban J connectivity index is 0.00000112. The molecule has 1 aliphatic rings. The summed E-state index contributed by atoms with van der Waals surface area (Å²) < 4.78 is 28.9. The Bertz CT molecular complexity index is 1430. The molecule has 0 aliphatic carbocycles. The zero-order valence-electron chi connectivity index (χ0n) is 21.6. The van der Waals surface area contributed by atoms with Crippen molar-refractivity contribution in [1.82, 2.24) is 24.8 Å². The largest absolute Gasteiger partial charge is 0.388 e. The van der Waals surface area contributed by atoms with Crippen LogP contribution in [0.1, 0.15) is 25.3 Å². The number of nitrogens with zero attached hydrogens (tertiary/aromatic N) is 4. The van der Waals surface area contributed by atoms with Gasteiger partial charge in [-0.05, 0) is 68.6 Å². The average Bonchev–Trinajstić information content (AvgIpc) is 3.26. The minimum absolute atomic E-state index is 0.235. The highest BCUT2D eigenvalue weighted by molar-refractivity contribution is 6.39. The number of halogens is 4. The molecule has 39 heavy (non-hydrogen) atoms. The predicted molar refractivity (Wildman–Crippen MR) is 151 cm³/mol. The van der Waals surface area contributed by atoms with Gasteiger partial charge in [-0.15, -0.1) is 0 Å². The van der Waals surface area contributed by atoms with Crippen molar-refractivity contribution in [3.63, 3.8) is 0 Å². The highest BCUT2D eigenvalue weighted by Gasteiger charge is 2.23. The van der Waals surface area contributed by atoms with Gasteiger partial charge in [0, 0.05) is 25.8 Å². The molecule has 0 amide bonds. The van der Waals surface area contributed by atoms with Crippen LogP contribution < -0.4 is 16.0 Å². The van der Waals surface area contributed by atoms with Gasteiger partial charge in [0.15, 0.2) is 17.3 Å². The predicted octanol–water partition coefficient (Wildman–Crippen LogP) is 5.94. The number of hydrogen-bond donors (Lipinski definition) is 3. The van der Waals surface area contributed by atoms with Crippen molar-refractivity contribution in [2.24, 2.45) is 5.92 Å². The van der Waals surface area contributed by atoms with Crippen molar-refractivity contribution in [1.29, 1.82) is 0 Å². The van der Waals surface area contributed by atoms with Crippen molar-refractivity contribution >= 4 is 52.3 Å². The smallest absolute Gasteiger partial charge is 0.225 e. The number of anilines is 2. The van der Waals surface area contributed by atoms with Gasteiger partial charge in [0.25, 0.3) is 0 Å². The van der Waals surface area contributed by atoms with Gasteiger partial charge in [0.05, 0.1) is 21.8 Å². The summed E-state index contributed by atoms with van der Waals surface area (Å²) in [4.78, 5) is 22.7. The summed E-state index contributed by atoms with van der Waals surface area (Å²) >= 11 is 13.3. The molecule has 5 rings (SSSR count). The number of imidazole rings is 1. The van der Waals surface area contributed by atoms with E-state index in [0.29, 0.717) is 56.6 Å². The molecule has 0 radical (unpaired) electrons. The summed E-state index contributed by atoms with van der Waals surface area (Å²) in [5.41, 5.74) is 3.26. The number of piperidine rings is 1. The Morgan fingerprint density at radius 2 is 1.90 bits per heavy atom. The number of nitrogens with one attached hydrogen (secondary N) is 3. The summed E-state index contributed by atoms with van der Waals surface area (Å²) in [5.74, 6) is -0.417. The lowest BCUT2D eigenvalue weighted by molar-refractivity contribution is -0.106. The number of carbonyl (C=O) groups excluding carboxylic acids is 1. The molecular formula is C27H29Cl2F2N7O. The van der Waals surface area contributed by atoms with Crippen LogP contribution in [0.5, 0.6) is 0 Å². The van der Waals surface area contributed by atoms with E-state index >= 15 is 0 Å². The van der Waals surface area contributed by atoms with Gasteiger partial charge in [-0.3, -0.25) is 0 Å². The third kappa shape index (κ3) is 6.81. The minimum Gasteiger partial charge on any atom is -0.388 e. The number of rotatable bonds is 7. The van der Waals surface area contributed by atoms with E-state index in [1.807, 2.05) is 16.7 Å². The van der Waals surface area contributed by atoms with Gasteiger partial charge in [0.2, 0.25) is 5.95 Å². The monoisotopic (exact) mass is 575 g/mol. The van der Waals surface area contributed by atoms with E-state index in [1.165, 1.54) is 13.0 Å². The summed E-state index contributed by atoms with van der Waals surface area (Å²) in [6.07, 6.45) is 4.57. The Hall–Kier alpha value is -3.34. The van der Waals surface area contributed by atoms with Crippen LogP contribution in [0.3, 0.4) is 0 Å². The number of fused-ring (bicyclic) bond motifs is 1. The maximum absolute atomic E-state index is 13.6. The number of carbonyl (C=O) groups is 1. The van der Waals surface area contributed by atoms with Crippen LogP contribution >= 0.6 is 23.2 Å². The second-order valence-electron chi connectivity index (χ2n) is 9.06. The van der Waals surface area contributed by atoms with E-state index in [4.69, 9.17) is 38.0 Å². The van der Waals surface area contributed by atoms with Crippen molar-refractivity contribution in [3.05, 3.63) is 63.8 Å². The Labute approximate surface area is 235 Å². The summed E-state index contributed by atoms with van der Waals surface area (Å²) in [6.45, 7) is 4.27. The van der Waals surface area contributed by atoms with E-state index < -0.39 is 11.6 Å². The zero-order valence-corrected chi connectivity index (χ0v) is 23.1. The van der Waals surface area contributed by atoms with Crippen LogP contribution in [0.2, 0.25) is 10.0 Å². The molecular weight excluding hydrogens is 547 g/mol. The maximum Gasteiger partial charge on any atom is 0.225 e. The summed E-state index contributed by atoms with van der Waals surface area (Å²) in [5, 5.41) is 10.6.